The zero-order valence-corrected chi connectivity index (χ0v) is 13.0. The van der Waals surface area contributed by atoms with E-state index >= 15 is 0 Å². The highest BCUT2D eigenvalue weighted by Gasteiger charge is 2.19. The molecule has 4 nitrogen and oxygen atoms in total. The number of nitrogens with one attached hydrogen (secondary N) is 2. The molecule has 0 aliphatic rings. The lowest BCUT2D eigenvalue weighted by Gasteiger charge is -2.16. The lowest BCUT2D eigenvalue weighted by Crippen LogP contribution is -2.41. The van der Waals surface area contributed by atoms with E-state index in [-0.39, 0.29) is 5.25 Å². The van der Waals surface area contributed by atoms with Gasteiger partial charge in [0.05, 0.1) is 5.25 Å². The molecule has 0 aromatic rings. The van der Waals surface area contributed by atoms with Crippen molar-refractivity contribution in [1.29, 1.82) is 0 Å². The topological polar surface area (TPSA) is 58.2 Å². The van der Waals surface area contributed by atoms with Gasteiger partial charge in [-0.25, -0.2) is 13.1 Å². The number of thioether (sulfide) groups is 1. The Bertz CT molecular complexity index is 279. The highest BCUT2D eigenvalue weighted by atomic mass is 32.2. The minimum atomic E-state index is -3.16. The van der Waals surface area contributed by atoms with Crippen molar-refractivity contribution in [2.24, 2.45) is 0 Å². The second-order valence-electron chi connectivity index (χ2n) is 4.51. The Balaban J connectivity index is 3.85. The predicted molar refractivity (Wildman–Crippen MR) is 77.1 cm³/mol. The summed E-state index contributed by atoms with van der Waals surface area (Å²) < 4.78 is 26.3. The van der Waals surface area contributed by atoms with Gasteiger partial charge in [0.15, 0.2) is 0 Å². The van der Waals surface area contributed by atoms with Gasteiger partial charge in [0.1, 0.15) is 0 Å². The maximum absolute atomic E-state index is 11.8. The van der Waals surface area contributed by atoms with Crippen LogP contribution in [-0.2, 0) is 10.0 Å². The predicted octanol–water partition coefficient (Wildman–Crippen LogP) is 1.44. The summed E-state index contributed by atoms with van der Waals surface area (Å²) in [6.07, 6.45) is 4.02. The fraction of sp³-hybridized carbons (Fsp3) is 1.00. The average Bonchev–Trinajstić information content (AvgIpc) is 2.25. The van der Waals surface area contributed by atoms with Gasteiger partial charge in [0, 0.05) is 19.1 Å². The smallest absolute Gasteiger partial charge is 0.215 e. The van der Waals surface area contributed by atoms with Crippen molar-refractivity contribution in [2.75, 3.05) is 25.1 Å². The summed E-state index contributed by atoms with van der Waals surface area (Å²) in [7, 11) is -3.16. The van der Waals surface area contributed by atoms with Crippen LogP contribution in [-0.4, -0.2) is 44.8 Å². The molecule has 0 aliphatic carbocycles. The first-order valence-corrected chi connectivity index (χ1v) is 9.05. The van der Waals surface area contributed by atoms with E-state index < -0.39 is 10.0 Å². The molecule has 0 amide bonds. The van der Waals surface area contributed by atoms with Crippen LogP contribution in [0, 0.1) is 0 Å². The van der Waals surface area contributed by atoms with Gasteiger partial charge in [0.2, 0.25) is 10.0 Å². The second kappa shape index (κ2) is 9.19. The molecule has 0 bridgehead atoms. The largest absolute Gasteiger partial charge is 0.313 e. The van der Waals surface area contributed by atoms with Crippen molar-refractivity contribution in [3.05, 3.63) is 0 Å². The second-order valence-corrected chi connectivity index (χ2v) is 7.68. The van der Waals surface area contributed by atoms with Gasteiger partial charge in [-0.1, -0.05) is 13.8 Å². The molecule has 1 unspecified atom stereocenters. The molecule has 0 aliphatic heterocycles. The molecule has 0 rings (SSSR count). The summed E-state index contributed by atoms with van der Waals surface area (Å²) in [6.45, 7) is 6.80. The molecular weight excluding hydrogens is 256 g/mol. The van der Waals surface area contributed by atoms with Crippen LogP contribution in [0.3, 0.4) is 0 Å². The molecule has 0 radical (unpaired) electrons. The first-order valence-electron chi connectivity index (χ1n) is 6.11. The van der Waals surface area contributed by atoms with E-state index in [4.69, 9.17) is 0 Å². The van der Waals surface area contributed by atoms with Crippen LogP contribution >= 0.6 is 11.8 Å². The first-order chi connectivity index (χ1) is 7.90. The van der Waals surface area contributed by atoms with Gasteiger partial charge in [-0.3, -0.25) is 0 Å². The average molecular weight is 282 g/mol. The van der Waals surface area contributed by atoms with Crippen LogP contribution in [0.15, 0.2) is 0 Å². The molecule has 2 N–H and O–H groups in total. The van der Waals surface area contributed by atoms with Crippen molar-refractivity contribution >= 4 is 21.8 Å². The monoisotopic (exact) mass is 282 g/mol. The third kappa shape index (κ3) is 8.88. The van der Waals surface area contributed by atoms with Crippen molar-refractivity contribution in [2.45, 2.75) is 44.9 Å². The summed E-state index contributed by atoms with van der Waals surface area (Å²) >= 11 is 1.79. The van der Waals surface area contributed by atoms with E-state index in [1.165, 1.54) is 0 Å². The molecule has 17 heavy (non-hydrogen) atoms. The van der Waals surface area contributed by atoms with E-state index in [9.17, 15) is 8.42 Å². The standard InChI is InChI=1S/C11H26N2O2S2/c1-10(2)12-9-11(3)17(14,15)13-7-5-6-8-16-4/h10-13H,5-9H2,1-4H3. The van der Waals surface area contributed by atoms with Gasteiger partial charge < -0.3 is 5.32 Å². The zero-order chi connectivity index (χ0) is 13.3. The molecule has 0 saturated carbocycles. The normalized spacial score (nSPS) is 14.2. The number of unbranched alkanes of at least 4 members (excludes halogenated alkanes) is 1. The summed E-state index contributed by atoms with van der Waals surface area (Å²) in [4.78, 5) is 0. The maximum Gasteiger partial charge on any atom is 0.215 e. The van der Waals surface area contributed by atoms with Crippen molar-refractivity contribution in [3.8, 4) is 0 Å². The Labute approximate surface area is 110 Å². The van der Waals surface area contributed by atoms with Crippen molar-refractivity contribution < 1.29 is 8.42 Å². The van der Waals surface area contributed by atoms with Crippen LogP contribution in [0.2, 0.25) is 0 Å². The van der Waals surface area contributed by atoms with Gasteiger partial charge in [-0.15, -0.1) is 0 Å². The molecule has 1 atom stereocenters. The molecule has 0 saturated heterocycles. The third-order valence-corrected chi connectivity index (χ3v) is 4.95. The minimum absolute atomic E-state index is 0.314. The van der Waals surface area contributed by atoms with Crippen LogP contribution < -0.4 is 10.0 Å². The highest BCUT2D eigenvalue weighted by molar-refractivity contribution is 7.98. The Morgan fingerprint density at radius 2 is 1.82 bits per heavy atom. The van der Waals surface area contributed by atoms with E-state index in [2.05, 4.69) is 16.3 Å². The Hall–Kier alpha value is 0.220. The van der Waals surface area contributed by atoms with Crippen LogP contribution in [0.1, 0.15) is 33.6 Å². The molecule has 0 fully saturated rings. The SMILES string of the molecule is CSCCCCNS(=O)(=O)C(C)CNC(C)C. The number of sulfonamides is 1. The van der Waals surface area contributed by atoms with Gasteiger partial charge in [-0.2, -0.15) is 11.8 Å². The van der Waals surface area contributed by atoms with Crippen molar-refractivity contribution in [1.82, 2.24) is 10.0 Å². The minimum Gasteiger partial charge on any atom is -0.313 e. The molecule has 0 heterocycles. The van der Waals surface area contributed by atoms with Gasteiger partial charge >= 0.3 is 0 Å². The van der Waals surface area contributed by atoms with Crippen LogP contribution in [0.5, 0.6) is 0 Å². The Morgan fingerprint density at radius 1 is 1.18 bits per heavy atom. The quantitative estimate of drug-likeness (QED) is 0.595. The summed E-state index contributed by atoms with van der Waals surface area (Å²) in [5, 5.41) is 2.76. The molecule has 6 heteroatoms. The van der Waals surface area contributed by atoms with Crippen LogP contribution in [0.25, 0.3) is 0 Å². The molecular formula is C11H26N2O2S2. The Morgan fingerprint density at radius 3 is 2.35 bits per heavy atom. The van der Waals surface area contributed by atoms with Crippen LogP contribution in [0.4, 0.5) is 0 Å². The summed E-state index contributed by atoms with van der Waals surface area (Å²) in [5.74, 6) is 1.09. The van der Waals surface area contributed by atoms with E-state index in [1.54, 1.807) is 18.7 Å². The van der Waals surface area contributed by atoms with E-state index in [0.717, 1.165) is 18.6 Å². The highest BCUT2D eigenvalue weighted by Crippen LogP contribution is 2.01. The molecule has 104 valence electrons. The number of rotatable bonds is 10. The number of hydrogen-bond donors (Lipinski definition) is 2. The van der Waals surface area contributed by atoms with Gasteiger partial charge in [0.25, 0.3) is 0 Å². The first kappa shape index (κ1) is 17.2. The molecule has 0 spiro atoms. The molecule has 0 aromatic heterocycles. The van der Waals surface area contributed by atoms with E-state index in [1.807, 2.05) is 13.8 Å². The maximum atomic E-state index is 11.8. The lowest BCUT2D eigenvalue weighted by molar-refractivity contribution is 0.539. The number of hydrogen-bond acceptors (Lipinski definition) is 4. The fourth-order valence-corrected chi connectivity index (χ4v) is 2.76. The van der Waals surface area contributed by atoms with Gasteiger partial charge in [-0.05, 0) is 31.8 Å². The lowest BCUT2D eigenvalue weighted by atomic mass is 10.3. The zero-order valence-electron chi connectivity index (χ0n) is 11.3. The summed E-state index contributed by atoms with van der Waals surface area (Å²) in [6, 6.07) is 0.314. The van der Waals surface area contributed by atoms with Crippen molar-refractivity contribution in [3.63, 3.8) is 0 Å². The third-order valence-electron chi connectivity index (χ3n) is 2.42. The fourth-order valence-electron chi connectivity index (χ4n) is 1.24. The molecule has 0 aromatic carbocycles. The Kier molecular flexibility index (Phi) is 9.31. The summed E-state index contributed by atoms with van der Waals surface area (Å²) in [5.41, 5.74) is 0. The van der Waals surface area contributed by atoms with E-state index in [0.29, 0.717) is 19.1 Å².